The number of β-amino-alcohol motifs (C(OH)–C–C–N with tert-alkyl or cyclic N) is 1. The van der Waals surface area contributed by atoms with Gasteiger partial charge in [0.05, 0.1) is 16.2 Å². The molecule has 3 unspecified atom stereocenters. The van der Waals surface area contributed by atoms with Crippen molar-refractivity contribution in [1.29, 1.82) is 0 Å². The van der Waals surface area contributed by atoms with E-state index in [2.05, 4.69) is 4.90 Å². The summed E-state index contributed by atoms with van der Waals surface area (Å²) in [5.41, 5.74) is 2.05. The molecule has 7 heteroatoms. The lowest BCUT2D eigenvalue weighted by molar-refractivity contribution is 0.167. The van der Waals surface area contributed by atoms with E-state index in [4.69, 9.17) is 9.47 Å². The lowest BCUT2D eigenvalue weighted by Gasteiger charge is -2.34. The second-order valence-electron chi connectivity index (χ2n) is 8.46. The molecule has 0 radical (unpaired) electrons. The number of phenols is 2. The van der Waals surface area contributed by atoms with Crippen LogP contribution in [0.25, 0.3) is 0 Å². The van der Waals surface area contributed by atoms with Crippen LogP contribution in [0, 0.1) is 0 Å². The summed E-state index contributed by atoms with van der Waals surface area (Å²) in [4.78, 5) is 3.10. The average molecular weight is 466 g/mol. The van der Waals surface area contributed by atoms with Gasteiger partial charge >= 0.3 is 0 Å². The third-order valence-electron chi connectivity index (χ3n) is 6.06. The molecule has 172 valence electrons. The number of hydrogen-bond donors (Lipinski definition) is 3. The Morgan fingerprint density at radius 1 is 0.939 bits per heavy atom. The van der Waals surface area contributed by atoms with Crippen LogP contribution in [0.2, 0.25) is 0 Å². The molecular formula is C26H27NO5S. The van der Waals surface area contributed by atoms with Gasteiger partial charge in [-0.15, -0.1) is 11.8 Å². The maximum atomic E-state index is 9.92. The first kappa shape index (κ1) is 21.9. The molecule has 3 aromatic rings. The summed E-state index contributed by atoms with van der Waals surface area (Å²) in [6.45, 7) is 3.01. The predicted octanol–water partition coefficient (Wildman–Crippen LogP) is 4.51. The van der Waals surface area contributed by atoms with E-state index < -0.39 is 0 Å². The zero-order valence-electron chi connectivity index (χ0n) is 18.1. The fraction of sp³-hybridized carbons (Fsp3) is 0.308. The third-order valence-corrected chi connectivity index (χ3v) is 7.41. The molecule has 3 N–H and O–H groups in total. The van der Waals surface area contributed by atoms with Crippen LogP contribution < -0.4 is 9.47 Å². The summed E-state index contributed by atoms with van der Waals surface area (Å²) in [6.07, 6.45) is 0.379. The van der Waals surface area contributed by atoms with E-state index >= 15 is 0 Å². The Hall–Kier alpha value is -2.87. The first-order valence-corrected chi connectivity index (χ1v) is 12.0. The molecule has 2 aliphatic heterocycles. The van der Waals surface area contributed by atoms with Gasteiger partial charge in [0.15, 0.2) is 0 Å². The molecule has 6 nitrogen and oxygen atoms in total. The lowest BCUT2D eigenvalue weighted by Crippen LogP contribution is -2.27. The van der Waals surface area contributed by atoms with Gasteiger partial charge in [-0.05, 0) is 60.0 Å². The zero-order chi connectivity index (χ0) is 22.8. The molecule has 3 atom stereocenters. The minimum Gasteiger partial charge on any atom is -0.508 e. The molecule has 1 saturated heterocycles. The van der Waals surface area contributed by atoms with Gasteiger partial charge in [-0.2, -0.15) is 0 Å². The van der Waals surface area contributed by atoms with Gasteiger partial charge in [-0.25, -0.2) is 0 Å². The Labute approximate surface area is 197 Å². The molecule has 0 aliphatic carbocycles. The van der Waals surface area contributed by atoms with Gasteiger partial charge in [0.25, 0.3) is 0 Å². The largest absolute Gasteiger partial charge is 0.508 e. The standard InChI is InChI=1S/C26H27NO5S/c28-19-5-1-18(2-6-19)26-25(32-23-10-7-20(29)15-24(23)33-26)17-3-8-22(9-4-17)31-14-13-27-12-11-21(30)16-27/h1-10,15,21,25-26,28-30H,11-14,16H2. The molecule has 0 spiro atoms. The molecule has 0 bridgehead atoms. The second-order valence-corrected chi connectivity index (χ2v) is 9.64. The normalized spacial score (nSPS) is 22.5. The maximum Gasteiger partial charge on any atom is 0.140 e. The van der Waals surface area contributed by atoms with E-state index in [1.165, 1.54) is 0 Å². The third kappa shape index (κ3) is 5.05. The highest BCUT2D eigenvalue weighted by Gasteiger charge is 2.33. The van der Waals surface area contributed by atoms with Crippen molar-refractivity contribution in [3.63, 3.8) is 0 Å². The van der Waals surface area contributed by atoms with Crippen molar-refractivity contribution in [3.05, 3.63) is 77.9 Å². The highest BCUT2D eigenvalue weighted by molar-refractivity contribution is 7.99. The van der Waals surface area contributed by atoms with E-state index in [-0.39, 0.29) is 29.0 Å². The van der Waals surface area contributed by atoms with Crippen LogP contribution in [0.1, 0.15) is 28.9 Å². The smallest absolute Gasteiger partial charge is 0.140 e. The van der Waals surface area contributed by atoms with E-state index in [9.17, 15) is 15.3 Å². The van der Waals surface area contributed by atoms with Crippen molar-refractivity contribution in [1.82, 2.24) is 4.90 Å². The molecular weight excluding hydrogens is 438 g/mol. The predicted molar refractivity (Wildman–Crippen MR) is 127 cm³/mol. The van der Waals surface area contributed by atoms with Crippen molar-refractivity contribution in [2.75, 3.05) is 26.2 Å². The number of likely N-dealkylation sites (tertiary alicyclic amines) is 1. The van der Waals surface area contributed by atoms with Crippen molar-refractivity contribution in [2.24, 2.45) is 0 Å². The van der Waals surface area contributed by atoms with Gasteiger partial charge in [-0.3, -0.25) is 4.90 Å². The molecule has 0 aromatic heterocycles. The van der Waals surface area contributed by atoms with E-state index in [0.717, 1.165) is 53.6 Å². The van der Waals surface area contributed by atoms with Crippen LogP contribution in [0.3, 0.4) is 0 Å². The number of nitrogens with zero attached hydrogens (tertiary/aromatic N) is 1. The fourth-order valence-corrected chi connectivity index (χ4v) is 5.62. The Bertz CT molecular complexity index is 1090. The van der Waals surface area contributed by atoms with E-state index in [0.29, 0.717) is 6.61 Å². The van der Waals surface area contributed by atoms with Crippen molar-refractivity contribution in [3.8, 4) is 23.0 Å². The summed E-state index contributed by atoms with van der Waals surface area (Å²) >= 11 is 1.64. The number of aliphatic hydroxyl groups excluding tert-OH is 1. The molecule has 33 heavy (non-hydrogen) atoms. The fourth-order valence-electron chi connectivity index (χ4n) is 4.29. The van der Waals surface area contributed by atoms with E-state index in [1.54, 1.807) is 42.1 Å². The second kappa shape index (κ2) is 9.55. The number of thioether (sulfide) groups is 1. The quantitative estimate of drug-likeness (QED) is 0.494. The van der Waals surface area contributed by atoms with Crippen LogP contribution in [0.5, 0.6) is 23.0 Å². The van der Waals surface area contributed by atoms with Gasteiger partial charge < -0.3 is 24.8 Å². The molecule has 5 rings (SSSR count). The maximum absolute atomic E-state index is 9.92. The number of rotatable bonds is 6. The zero-order valence-corrected chi connectivity index (χ0v) is 18.9. The van der Waals surface area contributed by atoms with Gasteiger partial charge in [0, 0.05) is 19.6 Å². The van der Waals surface area contributed by atoms with Gasteiger partial charge in [0.1, 0.15) is 35.7 Å². The summed E-state index contributed by atoms with van der Waals surface area (Å²) < 4.78 is 12.3. The number of fused-ring (bicyclic) bond motifs is 1. The Morgan fingerprint density at radius 2 is 1.67 bits per heavy atom. The lowest BCUT2D eigenvalue weighted by atomic mass is 10.00. The number of ether oxygens (including phenoxy) is 2. The minimum absolute atomic E-state index is 0.0479. The average Bonchev–Trinajstić information content (AvgIpc) is 3.24. The van der Waals surface area contributed by atoms with Crippen LogP contribution >= 0.6 is 11.8 Å². The molecule has 0 amide bonds. The van der Waals surface area contributed by atoms with Gasteiger partial charge in [-0.1, -0.05) is 24.3 Å². The Morgan fingerprint density at radius 3 is 2.39 bits per heavy atom. The minimum atomic E-state index is -0.239. The number of phenolic OH excluding ortho intramolecular Hbond substituents is 2. The van der Waals surface area contributed by atoms with Crippen LogP contribution in [0.4, 0.5) is 0 Å². The van der Waals surface area contributed by atoms with Gasteiger partial charge in [0.2, 0.25) is 0 Å². The van der Waals surface area contributed by atoms with Crippen molar-refractivity contribution >= 4 is 11.8 Å². The molecule has 0 saturated carbocycles. The summed E-state index contributed by atoms with van der Waals surface area (Å²) in [5, 5.41) is 29.2. The Balaban J connectivity index is 1.32. The summed E-state index contributed by atoms with van der Waals surface area (Å²) in [5.74, 6) is 1.97. The highest BCUT2D eigenvalue weighted by Crippen LogP contribution is 2.54. The molecule has 2 aliphatic rings. The monoisotopic (exact) mass is 465 g/mol. The first-order chi connectivity index (χ1) is 16.0. The van der Waals surface area contributed by atoms with Crippen molar-refractivity contribution in [2.45, 2.75) is 28.8 Å². The summed E-state index contributed by atoms with van der Waals surface area (Å²) in [7, 11) is 0. The number of aliphatic hydroxyl groups is 1. The van der Waals surface area contributed by atoms with Crippen LogP contribution in [0.15, 0.2) is 71.6 Å². The van der Waals surface area contributed by atoms with Crippen LogP contribution in [-0.2, 0) is 0 Å². The molecule has 2 heterocycles. The summed E-state index contributed by atoms with van der Waals surface area (Å²) in [6, 6.07) is 20.3. The Kier molecular flexibility index (Phi) is 6.35. The molecule has 3 aromatic carbocycles. The number of aromatic hydroxyl groups is 2. The number of hydrogen-bond acceptors (Lipinski definition) is 7. The first-order valence-electron chi connectivity index (χ1n) is 11.1. The number of benzene rings is 3. The highest BCUT2D eigenvalue weighted by atomic mass is 32.2. The SMILES string of the molecule is Oc1ccc(C2Sc3cc(O)ccc3OC2c2ccc(OCCN3CCC(O)C3)cc2)cc1. The van der Waals surface area contributed by atoms with Crippen LogP contribution in [-0.4, -0.2) is 52.6 Å². The van der Waals surface area contributed by atoms with Crippen molar-refractivity contribution < 1.29 is 24.8 Å². The topological polar surface area (TPSA) is 82.4 Å². The molecule has 1 fully saturated rings. The van der Waals surface area contributed by atoms with E-state index in [1.807, 2.05) is 36.4 Å².